The molecule has 4 rings (SSSR count). The van der Waals surface area contributed by atoms with Crippen molar-refractivity contribution in [3.63, 3.8) is 0 Å². The molecule has 9 heteroatoms. The summed E-state index contributed by atoms with van der Waals surface area (Å²) in [6, 6.07) is 6.16. The van der Waals surface area contributed by atoms with Crippen LogP contribution in [0.25, 0.3) is 0 Å². The van der Waals surface area contributed by atoms with Crippen molar-refractivity contribution in [2.75, 3.05) is 24.5 Å². The summed E-state index contributed by atoms with van der Waals surface area (Å²) in [6.45, 7) is 4.28. The maximum Gasteiger partial charge on any atom is 0.322 e. The molecule has 0 aliphatic carbocycles. The minimum atomic E-state index is -1.12. The van der Waals surface area contributed by atoms with Crippen LogP contribution in [0.1, 0.15) is 41.4 Å². The van der Waals surface area contributed by atoms with E-state index in [1.807, 2.05) is 0 Å². The smallest absolute Gasteiger partial charge is 0.322 e. The number of aromatic nitrogens is 1. The first kappa shape index (κ1) is 19.4. The molecule has 0 saturated carbocycles. The van der Waals surface area contributed by atoms with E-state index in [1.165, 1.54) is 12.8 Å². The largest absolute Gasteiger partial charge is 0.352 e. The summed E-state index contributed by atoms with van der Waals surface area (Å²) in [6.07, 6.45) is 3.12. The Morgan fingerprint density at radius 1 is 1.24 bits per heavy atom. The molecular weight excluding hydrogens is 390 g/mol. The van der Waals surface area contributed by atoms with Gasteiger partial charge in [0.25, 0.3) is 11.8 Å². The predicted molar refractivity (Wildman–Crippen MR) is 110 cm³/mol. The van der Waals surface area contributed by atoms with Crippen molar-refractivity contribution in [3.05, 3.63) is 46.5 Å². The number of nitrogens with zero attached hydrogens (tertiary/aromatic N) is 2. The number of carbonyl (C=O) groups is 3. The van der Waals surface area contributed by atoms with E-state index in [-0.39, 0.29) is 5.91 Å². The Balaban J connectivity index is 1.31. The van der Waals surface area contributed by atoms with Gasteiger partial charge in [-0.25, -0.2) is 9.78 Å². The van der Waals surface area contributed by atoms with E-state index in [0.717, 1.165) is 23.9 Å². The van der Waals surface area contributed by atoms with Gasteiger partial charge in [0.05, 0.1) is 5.69 Å². The van der Waals surface area contributed by atoms with Gasteiger partial charge < -0.3 is 15.5 Å². The van der Waals surface area contributed by atoms with Crippen molar-refractivity contribution in [1.29, 1.82) is 0 Å². The number of anilines is 1. The summed E-state index contributed by atoms with van der Waals surface area (Å²) in [7, 11) is 0. The van der Waals surface area contributed by atoms with Crippen LogP contribution in [-0.2, 0) is 16.8 Å². The maximum atomic E-state index is 12.4. The second-order valence-corrected chi connectivity index (χ2v) is 8.27. The van der Waals surface area contributed by atoms with Gasteiger partial charge in [0.2, 0.25) is 0 Å². The number of urea groups is 1. The molecule has 0 bridgehead atoms. The number of imide groups is 1. The van der Waals surface area contributed by atoms with Crippen LogP contribution in [0, 0.1) is 0 Å². The van der Waals surface area contributed by atoms with Crippen molar-refractivity contribution in [2.45, 2.75) is 31.7 Å². The Bertz CT molecular complexity index is 936. The summed E-state index contributed by atoms with van der Waals surface area (Å²) in [5, 5.41) is 10.9. The van der Waals surface area contributed by atoms with Crippen LogP contribution < -0.4 is 20.9 Å². The Kier molecular flexibility index (Phi) is 5.23. The lowest BCUT2D eigenvalue weighted by Crippen LogP contribution is -2.40. The molecule has 2 aliphatic rings. The normalized spacial score (nSPS) is 21.2. The first-order valence-electron chi connectivity index (χ1n) is 9.67. The van der Waals surface area contributed by atoms with Crippen LogP contribution in [0.5, 0.6) is 0 Å². The number of nitrogens with one attached hydrogen (secondary N) is 3. The van der Waals surface area contributed by atoms with Crippen LogP contribution in [-0.4, -0.2) is 42.5 Å². The molecule has 2 fully saturated rings. The van der Waals surface area contributed by atoms with Crippen molar-refractivity contribution >= 4 is 34.3 Å². The number of hydrogen-bond acceptors (Lipinski definition) is 6. The molecule has 8 nitrogen and oxygen atoms in total. The van der Waals surface area contributed by atoms with Crippen molar-refractivity contribution in [2.24, 2.45) is 0 Å². The Morgan fingerprint density at radius 3 is 2.62 bits per heavy atom. The standard InChI is InChI=1S/C20H23N5O3S/c1-20(17(27)23-18(28)24-20)14-6-4-13(5-7-14)16(26)21-9-8-15-12-29-19(22-15)25-10-2-3-11-25/h4-7,12H,2-3,8-11H2,1H3,(H,21,26)(H2,23,24,27,28)/t20-/m0/s1. The quantitative estimate of drug-likeness (QED) is 0.627. The highest BCUT2D eigenvalue weighted by Crippen LogP contribution is 2.25. The van der Waals surface area contributed by atoms with Gasteiger partial charge >= 0.3 is 6.03 Å². The molecule has 0 radical (unpaired) electrons. The first-order chi connectivity index (χ1) is 14.0. The number of amides is 4. The summed E-state index contributed by atoms with van der Waals surface area (Å²) < 4.78 is 0. The van der Waals surface area contributed by atoms with E-state index in [1.54, 1.807) is 42.5 Å². The lowest BCUT2D eigenvalue weighted by molar-refractivity contribution is -0.123. The summed E-state index contributed by atoms with van der Waals surface area (Å²) in [5.74, 6) is -0.590. The summed E-state index contributed by atoms with van der Waals surface area (Å²) in [4.78, 5) is 42.8. The van der Waals surface area contributed by atoms with Gasteiger partial charge in [-0.2, -0.15) is 0 Å². The fourth-order valence-corrected chi connectivity index (χ4v) is 4.49. The fourth-order valence-electron chi connectivity index (χ4n) is 3.57. The van der Waals surface area contributed by atoms with Crippen molar-refractivity contribution in [3.8, 4) is 0 Å². The number of rotatable bonds is 6. The molecule has 3 N–H and O–H groups in total. The van der Waals surface area contributed by atoms with Crippen molar-refractivity contribution < 1.29 is 14.4 Å². The van der Waals surface area contributed by atoms with Crippen LogP contribution in [0.3, 0.4) is 0 Å². The molecule has 2 aromatic rings. The second-order valence-electron chi connectivity index (χ2n) is 7.43. The van der Waals surface area contributed by atoms with Gasteiger partial charge in [0.15, 0.2) is 5.13 Å². The Morgan fingerprint density at radius 2 is 1.97 bits per heavy atom. The molecule has 2 aliphatic heterocycles. The molecule has 29 heavy (non-hydrogen) atoms. The van der Waals surface area contributed by atoms with Gasteiger partial charge in [-0.3, -0.25) is 14.9 Å². The first-order valence-corrected chi connectivity index (χ1v) is 10.6. The van der Waals surface area contributed by atoms with E-state index in [2.05, 4.69) is 31.2 Å². The van der Waals surface area contributed by atoms with Gasteiger partial charge in [-0.1, -0.05) is 12.1 Å². The molecule has 4 amide bonds. The van der Waals surface area contributed by atoms with E-state index in [0.29, 0.717) is 24.1 Å². The zero-order valence-corrected chi connectivity index (χ0v) is 17.0. The van der Waals surface area contributed by atoms with Gasteiger partial charge in [0.1, 0.15) is 5.54 Å². The molecule has 1 aromatic heterocycles. The lowest BCUT2D eigenvalue weighted by atomic mass is 9.91. The van der Waals surface area contributed by atoms with Crippen LogP contribution >= 0.6 is 11.3 Å². The molecule has 152 valence electrons. The van der Waals surface area contributed by atoms with Crippen molar-refractivity contribution in [1.82, 2.24) is 20.9 Å². The lowest BCUT2D eigenvalue weighted by Gasteiger charge is -2.21. The second kappa shape index (κ2) is 7.82. The average molecular weight is 414 g/mol. The third kappa shape index (κ3) is 3.95. The average Bonchev–Trinajstić information content (AvgIpc) is 3.43. The van der Waals surface area contributed by atoms with Gasteiger partial charge in [-0.05, 0) is 37.5 Å². The number of benzene rings is 1. The highest BCUT2D eigenvalue weighted by molar-refractivity contribution is 7.13. The van der Waals surface area contributed by atoms with Crippen LogP contribution in [0.15, 0.2) is 29.6 Å². The minimum absolute atomic E-state index is 0.184. The van der Waals surface area contributed by atoms with Gasteiger partial charge in [-0.15, -0.1) is 11.3 Å². The molecule has 0 spiro atoms. The Hall–Kier alpha value is -2.94. The highest BCUT2D eigenvalue weighted by atomic mass is 32.1. The predicted octanol–water partition coefficient (Wildman–Crippen LogP) is 1.77. The SMILES string of the molecule is C[C@@]1(c2ccc(C(=O)NCCc3csc(N4CCCC4)n3)cc2)NC(=O)NC1=O. The molecular formula is C20H23N5O3S. The van der Waals surface area contributed by atoms with Gasteiger partial charge in [0, 0.05) is 37.0 Å². The number of thiazole rings is 1. The van der Waals surface area contributed by atoms with Crippen LogP contribution in [0.2, 0.25) is 0 Å². The number of hydrogen-bond donors (Lipinski definition) is 3. The summed E-state index contributed by atoms with van der Waals surface area (Å²) in [5.41, 5.74) is 0.986. The van der Waals surface area contributed by atoms with E-state index in [9.17, 15) is 14.4 Å². The highest BCUT2D eigenvalue weighted by Gasteiger charge is 2.43. The topological polar surface area (TPSA) is 103 Å². The Labute approximate surface area is 172 Å². The molecule has 0 unspecified atom stereocenters. The van der Waals surface area contributed by atoms with E-state index in [4.69, 9.17) is 0 Å². The molecule has 1 aromatic carbocycles. The summed E-state index contributed by atoms with van der Waals surface area (Å²) >= 11 is 1.66. The minimum Gasteiger partial charge on any atom is -0.352 e. The monoisotopic (exact) mass is 413 g/mol. The number of carbonyl (C=O) groups excluding carboxylic acids is 3. The van der Waals surface area contributed by atoms with E-state index < -0.39 is 17.5 Å². The molecule has 2 saturated heterocycles. The zero-order valence-electron chi connectivity index (χ0n) is 16.2. The fraction of sp³-hybridized carbons (Fsp3) is 0.400. The van der Waals surface area contributed by atoms with E-state index >= 15 is 0 Å². The van der Waals surface area contributed by atoms with Crippen LogP contribution in [0.4, 0.5) is 9.93 Å². The maximum absolute atomic E-state index is 12.4. The third-order valence-corrected chi connectivity index (χ3v) is 6.30. The molecule has 1 atom stereocenters. The molecule has 3 heterocycles. The third-order valence-electron chi connectivity index (χ3n) is 5.35. The zero-order chi connectivity index (χ0) is 20.4.